The molecule has 0 amide bonds. The van der Waals surface area contributed by atoms with Gasteiger partial charge in [-0.25, -0.2) is 0 Å². The Morgan fingerprint density at radius 1 is 0.302 bits per heavy atom. The van der Waals surface area contributed by atoms with Gasteiger partial charge in [0.15, 0.2) is 0 Å². The molecule has 9 fully saturated rings. The van der Waals surface area contributed by atoms with Crippen LogP contribution < -0.4 is 42.5 Å². The fourth-order valence-electron chi connectivity index (χ4n) is 12.4. The number of halogens is 2. The number of nitrogens with one attached hydrogen (secondary N) is 8. The Hall–Kier alpha value is 0.803. The Morgan fingerprint density at radius 3 is 0.884 bits per heavy atom. The molecular formula is C32H60Cl2GeN8. The molecule has 43 heavy (non-hydrogen) atoms. The number of rotatable bonds is 0. The second-order valence-corrected chi connectivity index (χ2v) is 19.3. The van der Waals surface area contributed by atoms with Crippen molar-refractivity contribution in [2.24, 2.45) is 47.3 Å². The Labute approximate surface area is 280 Å². The van der Waals surface area contributed by atoms with E-state index in [0.29, 0.717) is 49.3 Å². The summed E-state index contributed by atoms with van der Waals surface area (Å²) in [4.78, 5) is 0. The van der Waals surface area contributed by atoms with E-state index in [1.807, 2.05) is 0 Å². The summed E-state index contributed by atoms with van der Waals surface area (Å²) in [5.41, 5.74) is 0. The van der Waals surface area contributed by atoms with Crippen LogP contribution in [0, 0.1) is 47.3 Å². The first kappa shape index (κ1) is 32.4. The molecule has 0 aromatic rings. The first-order valence-electron chi connectivity index (χ1n) is 18.3. The van der Waals surface area contributed by atoms with Crippen LogP contribution in [0.25, 0.3) is 0 Å². The molecule has 4 saturated carbocycles. The van der Waals surface area contributed by atoms with E-state index >= 15 is 0 Å². The van der Waals surface area contributed by atoms with Crippen LogP contribution >= 0.6 is 24.8 Å². The van der Waals surface area contributed by atoms with Gasteiger partial charge in [-0.2, -0.15) is 0 Å². The molecule has 0 radical (unpaired) electrons. The van der Waals surface area contributed by atoms with Crippen molar-refractivity contribution in [3.8, 4) is 0 Å². The molecule has 9 rings (SSSR count). The second kappa shape index (κ2) is 13.4. The Kier molecular flexibility index (Phi) is 10.1. The Morgan fingerprint density at radius 2 is 0.558 bits per heavy atom. The first-order chi connectivity index (χ1) is 20.2. The second-order valence-electron chi connectivity index (χ2n) is 16.1. The van der Waals surface area contributed by atoms with Gasteiger partial charge in [0, 0.05) is 0 Å². The van der Waals surface area contributed by atoms with Crippen molar-refractivity contribution in [1.82, 2.24) is 42.5 Å². The SMILES string of the molecule is Cl.Cl.[GeH3][CH]1CCCC2C3NC4NC(NC5NC(NC6NC(NC(N3)C12)C1CCCCC61)C1CCCCC51)C1CCCCC41. The molecule has 9 aliphatic rings. The third kappa shape index (κ3) is 5.70. The quantitative estimate of drug-likeness (QED) is 0.183. The van der Waals surface area contributed by atoms with Crippen molar-refractivity contribution >= 4 is 41.3 Å². The Balaban J connectivity index is 0.00000150. The molecule has 8 N–H and O–H groups in total. The van der Waals surface area contributed by atoms with E-state index in [9.17, 15) is 0 Å². The van der Waals surface area contributed by atoms with Gasteiger partial charge in [-0.05, 0) is 0 Å². The molecular weight excluding hydrogens is 640 g/mol. The van der Waals surface area contributed by atoms with Crippen LogP contribution in [0.2, 0.25) is 4.75 Å². The van der Waals surface area contributed by atoms with Gasteiger partial charge in [0.2, 0.25) is 0 Å². The zero-order valence-corrected chi connectivity index (χ0v) is 32.1. The van der Waals surface area contributed by atoms with Crippen molar-refractivity contribution < 1.29 is 0 Å². The topological polar surface area (TPSA) is 96.2 Å². The average molecular weight is 700 g/mol. The molecule has 8 nitrogen and oxygen atoms in total. The molecule has 8 bridgehead atoms. The number of fused-ring (bicyclic) bond motifs is 20. The standard InChI is InChI=1S/C32H58GeN8.2ClH/c33-23-15-7-14-22-24(23)32-40-30-21-13-6-5-12-20(21)28(38-30)36-26-17-9-2-1-8-16(17)25(34-26)35-27-18-10-3-4-11-19(18)29(37-27)39-31(22)41-32;;/h16-32,34-41H,1-15H2,33H3;2*1H. The van der Waals surface area contributed by atoms with E-state index in [-0.39, 0.29) is 24.8 Å². The van der Waals surface area contributed by atoms with Crippen LogP contribution in [-0.4, -0.2) is 65.8 Å². The van der Waals surface area contributed by atoms with Gasteiger partial charge < -0.3 is 0 Å². The van der Waals surface area contributed by atoms with Gasteiger partial charge >= 0.3 is 250 Å². The fourth-order valence-corrected chi connectivity index (χ4v) is 15.1. The molecule has 5 saturated heterocycles. The van der Waals surface area contributed by atoms with E-state index in [1.54, 1.807) is 0 Å². The van der Waals surface area contributed by atoms with E-state index in [1.165, 1.54) is 96.3 Å². The van der Waals surface area contributed by atoms with Gasteiger partial charge in [-0.15, -0.1) is 24.8 Å². The van der Waals surface area contributed by atoms with Crippen LogP contribution in [0.1, 0.15) is 96.3 Å². The maximum atomic E-state index is 4.32. The average Bonchev–Trinajstić information content (AvgIpc) is 3.73. The zero-order valence-electron chi connectivity index (χ0n) is 26.2. The van der Waals surface area contributed by atoms with Gasteiger partial charge in [-0.1, -0.05) is 6.42 Å². The summed E-state index contributed by atoms with van der Waals surface area (Å²) in [6.07, 6.45) is 24.4. The van der Waals surface area contributed by atoms with E-state index in [4.69, 9.17) is 0 Å². The summed E-state index contributed by atoms with van der Waals surface area (Å²) < 4.78 is 0.967. The summed E-state index contributed by atoms with van der Waals surface area (Å²) in [5, 5.41) is 34.0. The maximum absolute atomic E-state index is 4.32. The molecule has 4 aliphatic carbocycles. The summed E-state index contributed by atoms with van der Waals surface area (Å²) in [7, 11) is 0. The molecule has 0 spiro atoms. The molecule has 246 valence electrons. The predicted molar refractivity (Wildman–Crippen MR) is 181 cm³/mol. The summed E-state index contributed by atoms with van der Waals surface area (Å²) >= 11 is 0.892. The van der Waals surface area contributed by atoms with E-state index in [0.717, 1.165) is 68.6 Å². The predicted octanol–water partition coefficient (Wildman–Crippen LogP) is 2.21. The van der Waals surface area contributed by atoms with Crippen molar-refractivity contribution in [1.29, 1.82) is 0 Å². The van der Waals surface area contributed by atoms with E-state index < -0.39 is 0 Å². The third-order valence-corrected chi connectivity index (χ3v) is 17.1. The van der Waals surface area contributed by atoms with Crippen LogP contribution in [0.5, 0.6) is 0 Å². The minimum atomic E-state index is 0. The molecule has 11 heteroatoms. The van der Waals surface area contributed by atoms with Crippen LogP contribution in [0.15, 0.2) is 0 Å². The van der Waals surface area contributed by atoms with Gasteiger partial charge in [0.05, 0.1) is 0 Å². The summed E-state index contributed by atoms with van der Waals surface area (Å²) in [6.45, 7) is 0. The minimum absolute atomic E-state index is 0. The van der Waals surface area contributed by atoms with Crippen molar-refractivity contribution in [2.75, 3.05) is 0 Å². The Bertz CT molecular complexity index is 964. The van der Waals surface area contributed by atoms with Crippen LogP contribution in [-0.2, 0) is 0 Å². The first-order valence-corrected chi connectivity index (χ1v) is 20.7. The molecule has 0 aromatic carbocycles. The third-order valence-electron chi connectivity index (χ3n) is 14.2. The van der Waals surface area contributed by atoms with Crippen molar-refractivity contribution in [3.05, 3.63) is 0 Å². The van der Waals surface area contributed by atoms with Gasteiger partial charge in [0.25, 0.3) is 0 Å². The van der Waals surface area contributed by atoms with Crippen LogP contribution in [0.3, 0.4) is 0 Å². The molecule has 5 aliphatic heterocycles. The molecule has 0 aromatic heterocycles. The molecule has 17 atom stereocenters. The molecule has 5 heterocycles. The summed E-state index contributed by atoms with van der Waals surface area (Å²) in [6, 6.07) is 0. The monoisotopic (exact) mass is 700 g/mol. The van der Waals surface area contributed by atoms with Gasteiger partial charge in [-0.3, -0.25) is 0 Å². The fraction of sp³-hybridized carbons (Fsp3) is 1.00. The normalized spacial score (nSPS) is 55.7. The number of hydrogen-bond acceptors (Lipinski definition) is 8. The van der Waals surface area contributed by atoms with E-state index in [2.05, 4.69) is 42.5 Å². The van der Waals surface area contributed by atoms with Crippen LogP contribution in [0.4, 0.5) is 0 Å². The molecule has 17 unspecified atom stereocenters. The number of hydrogen-bond donors (Lipinski definition) is 8. The zero-order chi connectivity index (χ0) is 27.1. The van der Waals surface area contributed by atoms with Crippen molar-refractivity contribution in [2.45, 2.75) is 150 Å². The summed E-state index contributed by atoms with van der Waals surface area (Å²) in [5.74, 6) is 6.07. The van der Waals surface area contributed by atoms with Crippen molar-refractivity contribution in [3.63, 3.8) is 0 Å². The van der Waals surface area contributed by atoms with Gasteiger partial charge in [0.1, 0.15) is 0 Å².